The van der Waals surface area contributed by atoms with Crippen molar-refractivity contribution < 1.29 is 186 Å². The van der Waals surface area contributed by atoms with Gasteiger partial charge in [0.25, 0.3) is 0 Å². The lowest BCUT2D eigenvalue weighted by Gasteiger charge is -2.43. The van der Waals surface area contributed by atoms with Crippen molar-refractivity contribution in [3.05, 3.63) is 12.2 Å². The monoisotopic (exact) mass is 1130 g/mol. The molecule has 1 rings (SSSR count). The maximum atomic E-state index is 14.2. The first-order valence-corrected chi connectivity index (χ1v) is 16.2. The van der Waals surface area contributed by atoms with E-state index in [1.807, 2.05) is 0 Å². The molecular formula is C28H12F38O4. The number of esters is 2. The first-order chi connectivity index (χ1) is 30.0. The van der Waals surface area contributed by atoms with Gasteiger partial charge >= 0.3 is 119 Å². The average Bonchev–Trinajstić information content (AvgIpc) is 3.16. The predicted octanol–water partition coefficient (Wildman–Crippen LogP) is 12.9. The molecular weight excluding hydrogens is 1120 g/mol. The predicted molar refractivity (Wildman–Crippen MR) is 139 cm³/mol. The first kappa shape index (κ1) is 64.0. The number of rotatable bonds is 20. The van der Waals surface area contributed by atoms with Crippen molar-refractivity contribution in [2.75, 3.05) is 13.2 Å². The van der Waals surface area contributed by atoms with Crippen LogP contribution in [0.3, 0.4) is 0 Å². The van der Waals surface area contributed by atoms with Gasteiger partial charge in [-0.3, -0.25) is 9.59 Å². The molecule has 0 N–H and O–H groups in total. The van der Waals surface area contributed by atoms with Crippen LogP contribution in [0.2, 0.25) is 0 Å². The fourth-order valence-electron chi connectivity index (χ4n) is 4.83. The number of alkyl halides is 38. The fraction of sp³-hybridized carbons (Fsp3) is 0.857. The minimum Gasteiger partial charge on any atom is -0.459 e. The standard InChI is InChI=1S/C28H12F38O4/c29-11(30,13(33,34)15(37,38)17(41,42)19(45,46)21(49,50)23(53,54)25(57,58)27(61,62)63)5-69-9(67)7-3-1-2-4-8(7)10(68)70-6-12(31,32)14(35,36)16(39,40)18(43,44)20(47,48)22(51,52)24(55,56)26(59,60)28(64,65)66/h1,3,7-8H,2,4-6H2. The first-order valence-electron chi connectivity index (χ1n) is 16.2. The summed E-state index contributed by atoms with van der Waals surface area (Å²) >= 11 is 0. The lowest BCUT2D eigenvalue weighted by atomic mass is 9.84. The van der Waals surface area contributed by atoms with Crippen LogP contribution < -0.4 is 0 Å². The van der Waals surface area contributed by atoms with Gasteiger partial charge in [0.1, 0.15) is 0 Å². The second-order valence-corrected chi connectivity index (χ2v) is 13.8. The summed E-state index contributed by atoms with van der Waals surface area (Å²) in [6.45, 7) is -8.24. The number of hydrogen-bond donors (Lipinski definition) is 0. The molecule has 2 atom stereocenters. The number of ether oxygens (including phenoxy) is 2. The highest BCUT2D eigenvalue weighted by Crippen LogP contribution is 2.67. The van der Waals surface area contributed by atoms with E-state index in [0.29, 0.717) is 6.08 Å². The molecule has 2 unspecified atom stereocenters. The Morgan fingerprint density at radius 2 is 0.543 bits per heavy atom. The highest BCUT2D eigenvalue weighted by atomic mass is 19.4. The third-order valence-corrected chi connectivity index (χ3v) is 9.15. The Hall–Kier alpha value is -3.98. The molecule has 0 fully saturated rings. The Labute approximate surface area is 356 Å². The van der Waals surface area contributed by atoms with Crippen LogP contribution in [0, 0.1) is 11.8 Å². The van der Waals surface area contributed by atoms with Crippen LogP contribution in [0.25, 0.3) is 0 Å². The number of halogens is 38. The van der Waals surface area contributed by atoms with Gasteiger partial charge < -0.3 is 9.47 Å². The highest BCUT2D eigenvalue weighted by molar-refractivity contribution is 5.84. The second-order valence-electron chi connectivity index (χ2n) is 13.8. The number of hydrogen-bond acceptors (Lipinski definition) is 4. The fourth-order valence-corrected chi connectivity index (χ4v) is 4.83. The molecule has 1 aliphatic rings. The number of allylic oxidation sites excluding steroid dienone is 1. The molecule has 0 spiro atoms. The lowest BCUT2D eigenvalue weighted by Crippen LogP contribution is -2.76. The number of carbonyl (C=O) groups is 2. The topological polar surface area (TPSA) is 52.6 Å². The van der Waals surface area contributed by atoms with Crippen LogP contribution in [-0.2, 0) is 19.1 Å². The van der Waals surface area contributed by atoms with Gasteiger partial charge in [-0.1, -0.05) is 12.2 Å². The van der Waals surface area contributed by atoms with Crippen molar-refractivity contribution in [3.63, 3.8) is 0 Å². The van der Waals surface area contributed by atoms with Crippen LogP contribution in [0.5, 0.6) is 0 Å². The van der Waals surface area contributed by atoms with Crippen LogP contribution in [-0.4, -0.2) is 132 Å². The minimum absolute atomic E-state index is 0.0852. The molecule has 0 aromatic rings. The van der Waals surface area contributed by atoms with Gasteiger partial charge in [0, 0.05) is 0 Å². The van der Waals surface area contributed by atoms with E-state index in [1.54, 1.807) is 0 Å². The Kier molecular flexibility index (Phi) is 15.8. The summed E-state index contributed by atoms with van der Waals surface area (Å²) in [7, 11) is 0. The van der Waals surface area contributed by atoms with Gasteiger partial charge in [-0.25, -0.2) is 0 Å². The van der Waals surface area contributed by atoms with Crippen LogP contribution in [0.1, 0.15) is 12.8 Å². The van der Waals surface area contributed by atoms with Crippen molar-refractivity contribution in [1.29, 1.82) is 0 Å². The molecule has 0 saturated heterocycles. The van der Waals surface area contributed by atoms with Crippen LogP contribution in [0.15, 0.2) is 12.2 Å². The second kappa shape index (κ2) is 17.3. The zero-order valence-corrected chi connectivity index (χ0v) is 31.1. The molecule has 0 radical (unpaired) electrons. The Balaban J connectivity index is 3.51. The molecule has 4 nitrogen and oxygen atoms in total. The summed E-state index contributed by atoms with van der Waals surface area (Å²) in [6.07, 6.45) is -18.4. The van der Waals surface area contributed by atoms with Gasteiger partial charge in [0.15, 0.2) is 13.2 Å². The number of carbonyl (C=O) groups excluding carboxylic acids is 2. The van der Waals surface area contributed by atoms with E-state index < -0.39 is 157 Å². The van der Waals surface area contributed by atoms with E-state index in [9.17, 15) is 176 Å². The maximum absolute atomic E-state index is 14.2. The van der Waals surface area contributed by atoms with Gasteiger partial charge in [0.2, 0.25) is 0 Å². The molecule has 0 heterocycles. The van der Waals surface area contributed by atoms with E-state index in [4.69, 9.17) is 0 Å². The van der Waals surface area contributed by atoms with Gasteiger partial charge in [-0.2, -0.15) is 167 Å². The Bertz CT molecular complexity index is 1940. The van der Waals surface area contributed by atoms with E-state index in [1.165, 1.54) is 0 Å². The SMILES string of the molecule is O=C(OCC(F)(F)C(F)(F)C(F)(F)C(F)(F)C(F)(F)C(F)(F)C(F)(F)C(F)(F)C(F)(F)F)C1C=CCCC1C(=O)OCC(F)(F)C(F)(F)C(F)(F)C(F)(F)C(F)(F)C(F)(F)C(F)(F)C(F)(F)C(F)(F)F. The van der Waals surface area contributed by atoms with Gasteiger partial charge in [-0.15, -0.1) is 0 Å². The summed E-state index contributed by atoms with van der Waals surface area (Å²) in [5.41, 5.74) is 0. The Morgan fingerprint density at radius 3 is 0.786 bits per heavy atom. The summed E-state index contributed by atoms with van der Waals surface area (Å²) in [4.78, 5) is 24.6. The maximum Gasteiger partial charge on any atom is 0.460 e. The summed E-state index contributed by atoms with van der Waals surface area (Å²) in [5.74, 6) is -155. The normalized spacial score (nSPS) is 19.3. The molecule has 70 heavy (non-hydrogen) atoms. The highest BCUT2D eigenvalue weighted by Gasteiger charge is 2.98. The summed E-state index contributed by atoms with van der Waals surface area (Å²) < 4.78 is 520. The zero-order chi connectivity index (χ0) is 57.0. The molecule has 42 heteroatoms. The van der Waals surface area contributed by atoms with Crippen molar-refractivity contribution in [2.45, 2.75) is 120 Å². The van der Waals surface area contributed by atoms with E-state index in [0.717, 1.165) is 0 Å². The lowest BCUT2D eigenvalue weighted by molar-refractivity contribution is -0.469. The molecule has 0 bridgehead atoms. The Morgan fingerprint density at radius 1 is 0.329 bits per heavy atom. The largest absolute Gasteiger partial charge is 0.460 e. The van der Waals surface area contributed by atoms with Crippen molar-refractivity contribution in [1.82, 2.24) is 0 Å². The van der Waals surface area contributed by atoms with E-state index in [2.05, 4.69) is 9.47 Å². The molecule has 414 valence electrons. The van der Waals surface area contributed by atoms with Crippen LogP contribution >= 0.6 is 0 Å². The zero-order valence-electron chi connectivity index (χ0n) is 31.1. The summed E-state index contributed by atoms with van der Waals surface area (Å²) in [6, 6.07) is 0. The average molecular weight is 1130 g/mol. The molecule has 1 aliphatic carbocycles. The van der Waals surface area contributed by atoms with Crippen molar-refractivity contribution in [2.24, 2.45) is 11.8 Å². The van der Waals surface area contributed by atoms with Gasteiger partial charge in [-0.05, 0) is 12.8 Å². The molecule has 0 saturated carbocycles. The van der Waals surface area contributed by atoms with Crippen molar-refractivity contribution >= 4 is 11.9 Å². The van der Waals surface area contributed by atoms with Crippen LogP contribution in [0.4, 0.5) is 167 Å². The van der Waals surface area contributed by atoms with E-state index in [-0.39, 0.29) is 6.08 Å². The molecule has 0 amide bonds. The molecule has 0 aromatic heterocycles. The van der Waals surface area contributed by atoms with E-state index >= 15 is 0 Å². The minimum atomic E-state index is -9.41. The molecule has 0 aromatic carbocycles. The third kappa shape index (κ3) is 8.69. The van der Waals surface area contributed by atoms with Gasteiger partial charge in [0.05, 0.1) is 11.8 Å². The smallest absolute Gasteiger partial charge is 0.459 e. The van der Waals surface area contributed by atoms with Crippen molar-refractivity contribution in [3.8, 4) is 0 Å². The quantitative estimate of drug-likeness (QED) is 0.0693. The summed E-state index contributed by atoms with van der Waals surface area (Å²) in [5, 5.41) is 0. The third-order valence-electron chi connectivity index (χ3n) is 9.15. The molecule has 0 aliphatic heterocycles.